The summed E-state index contributed by atoms with van der Waals surface area (Å²) < 4.78 is 5.09. The van der Waals surface area contributed by atoms with Crippen molar-refractivity contribution >= 4 is 5.78 Å². The number of hydrogen-bond donors (Lipinski definition) is 1. The van der Waals surface area contributed by atoms with Crippen molar-refractivity contribution in [3.8, 4) is 0 Å². The Morgan fingerprint density at radius 1 is 1.12 bits per heavy atom. The van der Waals surface area contributed by atoms with Crippen LogP contribution in [0.5, 0.6) is 0 Å². The quantitative estimate of drug-likeness (QED) is 0.628. The van der Waals surface area contributed by atoms with Crippen LogP contribution in [0.1, 0.15) is 22.2 Å². The van der Waals surface area contributed by atoms with Gasteiger partial charge in [-0.1, -0.05) is 30.3 Å². The summed E-state index contributed by atoms with van der Waals surface area (Å²) in [5.41, 5.74) is 1.15. The Bertz CT molecular complexity index is 490. The molecule has 2 aromatic rings. The van der Waals surface area contributed by atoms with E-state index in [1.807, 2.05) is 30.3 Å². The van der Waals surface area contributed by atoms with Crippen LogP contribution in [0, 0.1) is 0 Å². The summed E-state index contributed by atoms with van der Waals surface area (Å²) in [6.07, 6.45) is 1.52. The van der Waals surface area contributed by atoms with Crippen molar-refractivity contribution in [2.24, 2.45) is 0 Å². The van der Waals surface area contributed by atoms with Crippen LogP contribution < -0.4 is 5.32 Å². The monoisotopic (exact) mass is 213 g/mol. The highest BCUT2D eigenvalue weighted by Crippen LogP contribution is 2.31. The Labute approximate surface area is 93.1 Å². The molecule has 1 saturated heterocycles. The van der Waals surface area contributed by atoms with E-state index in [-0.39, 0.29) is 17.9 Å². The molecule has 0 aliphatic carbocycles. The smallest absolute Gasteiger partial charge is 0.216 e. The first-order chi connectivity index (χ1) is 7.86. The van der Waals surface area contributed by atoms with Gasteiger partial charge in [0.25, 0.3) is 0 Å². The third-order valence-corrected chi connectivity index (χ3v) is 2.79. The van der Waals surface area contributed by atoms with Gasteiger partial charge in [0, 0.05) is 0 Å². The molecule has 3 heteroatoms. The molecular formula is C13H11NO2. The van der Waals surface area contributed by atoms with Crippen molar-refractivity contribution in [3.05, 3.63) is 60.1 Å². The Kier molecular flexibility index (Phi) is 2.11. The van der Waals surface area contributed by atoms with Crippen molar-refractivity contribution in [1.29, 1.82) is 0 Å². The maximum Gasteiger partial charge on any atom is 0.216 e. The zero-order valence-electron chi connectivity index (χ0n) is 8.59. The second kappa shape index (κ2) is 3.61. The summed E-state index contributed by atoms with van der Waals surface area (Å²) in [4.78, 5) is 11.9. The molecule has 2 heterocycles. The summed E-state index contributed by atoms with van der Waals surface area (Å²) in [6, 6.07) is 13.4. The number of rotatable bonds is 3. The number of hydrogen-bond acceptors (Lipinski definition) is 3. The fourth-order valence-corrected chi connectivity index (χ4v) is 1.89. The van der Waals surface area contributed by atoms with E-state index >= 15 is 0 Å². The van der Waals surface area contributed by atoms with Crippen LogP contribution in [0.3, 0.4) is 0 Å². The van der Waals surface area contributed by atoms with Gasteiger partial charge < -0.3 is 4.42 Å². The van der Waals surface area contributed by atoms with Crippen molar-refractivity contribution in [3.63, 3.8) is 0 Å². The minimum atomic E-state index is -0.131. The molecule has 0 saturated carbocycles. The number of benzene rings is 1. The lowest BCUT2D eigenvalue weighted by Gasteiger charge is -1.95. The third-order valence-electron chi connectivity index (χ3n) is 2.79. The lowest BCUT2D eigenvalue weighted by Crippen LogP contribution is -2.09. The SMILES string of the molecule is O=C(c1ccco1)[C@H]1N[C@@H]1c1ccccc1. The van der Waals surface area contributed by atoms with Crippen molar-refractivity contribution in [2.45, 2.75) is 12.1 Å². The zero-order chi connectivity index (χ0) is 11.0. The van der Waals surface area contributed by atoms with Gasteiger partial charge in [-0.3, -0.25) is 10.1 Å². The van der Waals surface area contributed by atoms with Gasteiger partial charge in [0.2, 0.25) is 5.78 Å². The lowest BCUT2D eigenvalue weighted by atomic mass is 10.1. The van der Waals surface area contributed by atoms with E-state index in [4.69, 9.17) is 4.42 Å². The predicted molar refractivity (Wildman–Crippen MR) is 59.1 cm³/mol. The second-order valence-corrected chi connectivity index (χ2v) is 3.87. The topological polar surface area (TPSA) is 52.2 Å². The maximum absolute atomic E-state index is 11.9. The number of nitrogens with one attached hydrogen (secondary N) is 1. The summed E-state index contributed by atoms with van der Waals surface area (Å²) >= 11 is 0. The van der Waals surface area contributed by atoms with Gasteiger partial charge in [-0.2, -0.15) is 0 Å². The number of Topliss-reactive ketones (excluding diaryl/α,β-unsaturated/α-hetero) is 1. The van der Waals surface area contributed by atoms with E-state index in [0.29, 0.717) is 5.76 Å². The number of ketones is 1. The molecule has 1 aromatic carbocycles. The molecule has 3 nitrogen and oxygen atoms in total. The Morgan fingerprint density at radius 3 is 2.62 bits per heavy atom. The minimum Gasteiger partial charge on any atom is -0.461 e. The first-order valence-electron chi connectivity index (χ1n) is 5.25. The molecule has 1 fully saturated rings. The molecule has 0 radical (unpaired) electrons. The molecule has 16 heavy (non-hydrogen) atoms. The summed E-state index contributed by atoms with van der Waals surface area (Å²) in [7, 11) is 0. The van der Waals surface area contributed by atoms with Crippen molar-refractivity contribution < 1.29 is 9.21 Å². The van der Waals surface area contributed by atoms with Crippen molar-refractivity contribution in [2.75, 3.05) is 0 Å². The molecule has 0 unspecified atom stereocenters. The highest BCUT2D eigenvalue weighted by atomic mass is 16.3. The standard InChI is InChI=1S/C13H11NO2/c15-13(10-7-4-8-16-10)12-11(14-12)9-5-2-1-3-6-9/h1-8,11-12,14H/t11-,12+/m1/s1. The number of carbonyl (C=O) groups excluding carboxylic acids is 1. The van der Waals surface area contributed by atoms with E-state index in [9.17, 15) is 4.79 Å². The number of carbonyl (C=O) groups is 1. The fourth-order valence-electron chi connectivity index (χ4n) is 1.89. The third kappa shape index (κ3) is 1.55. The molecule has 1 N–H and O–H groups in total. The van der Waals surface area contributed by atoms with Crippen LogP contribution in [-0.4, -0.2) is 11.8 Å². The lowest BCUT2D eigenvalue weighted by molar-refractivity contribution is 0.0961. The Balaban J connectivity index is 1.75. The van der Waals surface area contributed by atoms with Gasteiger partial charge in [0.1, 0.15) is 0 Å². The average molecular weight is 213 g/mol. The van der Waals surface area contributed by atoms with E-state index in [0.717, 1.165) is 5.56 Å². The van der Waals surface area contributed by atoms with Crippen LogP contribution in [0.2, 0.25) is 0 Å². The normalized spacial score (nSPS) is 23.0. The van der Waals surface area contributed by atoms with E-state index < -0.39 is 0 Å². The van der Waals surface area contributed by atoms with Crippen LogP contribution >= 0.6 is 0 Å². The highest BCUT2D eigenvalue weighted by Gasteiger charge is 2.44. The van der Waals surface area contributed by atoms with Crippen LogP contribution in [-0.2, 0) is 0 Å². The van der Waals surface area contributed by atoms with Gasteiger partial charge in [-0.15, -0.1) is 0 Å². The average Bonchev–Trinajstić information content (AvgIpc) is 2.95. The zero-order valence-corrected chi connectivity index (χ0v) is 8.59. The van der Waals surface area contributed by atoms with Crippen LogP contribution in [0.25, 0.3) is 0 Å². The largest absolute Gasteiger partial charge is 0.461 e. The van der Waals surface area contributed by atoms with Gasteiger partial charge in [0.05, 0.1) is 18.3 Å². The Morgan fingerprint density at radius 2 is 1.94 bits per heavy atom. The van der Waals surface area contributed by atoms with Crippen LogP contribution in [0.15, 0.2) is 53.1 Å². The highest BCUT2D eigenvalue weighted by molar-refractivity contribution is 6.00. The molecule has 0 spiro atoms. The molecule has 1 aliphatic heterocycles. The van der Waals surface area contributed by atoms with Gasteiger partial charge in [-0.05, 0) is 17.7 Å². The molecule has 3 rings (SSSR count). The molecule has 1 aromatic heterocycles. The summed E-state index contributed by atoms with van der Waals surface area (Å²) in [5.74, 6) is 0.454. The first kappa shape index (κ1) is 9.36. The molecule has 80 valence electrons. The fraction of sp³-hybridized carbons (Fsp3) is 0.154. The maximum atomic E-state index is 11.9. The number of furan rings is 1. The van der Waals surface area contributed by atoms with E-state index in [1.165, 1.54) is 6.26 Å². The summed E-state index contributed by atoms with van der Waals surface area (Å²) in [6.45, 7) is 0. The van der Waals surface area contributed by atoms with Crippen LogP contribution in [0.4, 0.5) is 0 Å². The predicted octanol–water partition coefficient (Wildman–Crippen LogP) is 2.18. The summed E-state index contributed by atoms with van der Waals surface area (Å²) in [5, 5.41) is 3.16. The van der Waals surface area contributed by atoms with Gasteiger partial charge in [0.15, 0.2) is 5.76 Å². The van der Waals surface area contributed by atoms with Gasteiger partial charge in [-0.25, -0.2) is 0 Å². The minimum absolute atomic E-state index is 0.0267. The van der Waals surface area contributed by atoms with E-state index in [1.54, 1.807) is 12.1 Å². The van der Waals surface area contributed by atoms with Gasteiger partial charge >= 0.3 is 0 Å². The Hall–Kier alpha value is -1.87. The van der Waals surface area contributed by atoms with Crippen molar-refractivity contribution in [1.82, 2.24) is 5.32 Å². The first-order valence-corrected chi connectivity index (χ1v) is 5.25. The molecule has 0 bridgehead atoms. The second-order valence-electron chi connectivity index (χ2n) is 3.87. The van der Waals surface area contributed by atoms with E-state index in [2.05, 4.69) is 5.32 Å². The molecular weight excluding hydrogens is 202 g/mol. The molecule has 2 atom stereocenters. The molecule has 1 aliphatic rings. The molecule has 0 amide bonds.